The lowest BCUT2D eigenvalue weighted by Gasteiger charge is -2.14. The molecule has 2 rings (SSSR count). The smallest absolute Gasteiger partial charge is 0.246 e. The van der Waals surface area contributed by atoms with Gasteiger partial charge in [0.25, 0.3) is 0 Å². The van der Waals surface area contributed by atoms with Gasteiger partial charge in [0.05, 0.1) is 6.42 Å². The number of rotatable bonds is 0. The average Bonchev–Trinajstić information content (AvgIpc) is 2.29. The SMILES string of the molecule is O=C1CC(=O)c2cc(Br)cn2N1. The van der Waals surface area contributed by atoms with Gasteiger partial charge in [-0.05, 0) is 22.0 Å². The molecule has 0 saturated heterocycles. The van der Waals surface area contributed by atoms with Crippen LogP contribution in [0.2, 0.25) is 0 Å². The minimum Gasteiger partial charge on any atom is -0.292 e. The Bertz CT molecular complexity index is 369. The van der Waals surface area contributed by atoms with Crippen molar-refractivity contribution in [2.75, 3.05) is 5.43 Å². The first-order valence-corrected chi connectivity index (χ1v) is 4.17. The number of Topliss-reactive ketones (excluding diaryl/α,β-unsaturated/α-hetero) is 1. The number of carbonyl (C=O) groups excluding carboxylic acids is 2. The van der Waals surface area contributed by atoms with E-state index < -0.39 is 0 Å². The van der Waals surface area contributed by atoms with Crippen molar-refractivity contribution in [3.05, 3.63) is 22.4 Å². The first kappa shape index (κ1) is 7.54. The summed E-state index contributed by atoms with van der Waals surface area (Å²) in [6.45, 7) is 0. The number of amides is 1. The maximum absolute atomic E-state index is 11.2. The standard InChI is InChI=1S/C7H5BrN2O2/c8-4-1-5-6(11)2-7(12)9-10(5)3-4/h1,3H,2H2,(H,9,12). The number of fused-ring (bicyclic) bond motifs is 1. The van der Waals surface area contributed by atoms with Crippen LogP contribution in [0.25, 0.3) is 0 Å². The number of aromatic nitrogens is 1. The van der Waals surface area contributed by atoms with E-state index in [1.165, 1.54) is 4.68 Å². The highest BCUT2D eigenvalue weighted by Crippen LogP contribution is 2.17. The predicted molar refractivity (Wildman–Crippen MR) is 45.4 cm³/mol. The molecule has 0 spiro atoms. The number of halogens is 1. The molecule has 0 saturated carbocycles. The van der Waals surface area contributed by atoms with Crippen LogP contribution < -0.4 is 5.43 Å². The average molecular weight is 229 g/mol. The third-order valence-electron chi connectivity index (χ3n) is 1.64. The lowest BCUT2D eigenvalue weighted by atomic mass is 10.2. The Hall–Kier alpha value is -1.10. The molecule has 0 fully saturated rings. The first-order chi connectivity index (χ1) is 5.66. The highest BCUT2D eigenvalue weighted by molar-refractivity contribution is 9.10. The zero-order chi connectivity index (χ0) is 8.72. The van der Waals surface area contributed by atoms with Crippen molar-refractivity contribution in [3.63, 3.8) is 0 Å². The highest BCUT2D eigenvalue weighted by atomic mass is 79.9. The van der Waals surface area contributed by atoms with Gasteiger partial charge in [0.1, 0.15) is 5.69 Å². The van der Waals surface area contributed by atoms with Crippen LogP contribution in [0.5, 0.6) is 0 Å². The predicted octanol–water partition coefficient (Wildman–Crippen LogP) is 0.907. The van der Waals surface area contributed by atoms with Crippen molar-refractivity contribution in [3.8, 4) is 0 Å². The molecular formula is C7H5BrN2O2. The van der Waals surface area contributed by atoms with Gasteiger partial charge in [-0.1, -0.05) is 0 Å². The van der Waals surface area contributed by atoms with E-state index in [9.17, 15) is 9.59 Å². The Kier molecular flexibility index (Phi) is 1.54. The number of ketones is 1. The van der Waals surface area contributed by atoms with Crippen LogP contribution in [0.1, 0.15) is 16.9 Å². The third kappa shape index (κ3) is 1.06. The second kappa shape index (κ2) is 2.45. The van der Waals surface area contributed by atoms with Gasteiger partial charge in [0, 0.05) is 10.7 Å². The van der Waals surface area contributed by atoms with Crippen molar-refractivity contribution < 1.29 is 9.59 Å². The lowest BCUT2D eigenvalue weighted by molar-refractivity contribution is -0.116. The summed E-state index contributed by atoms with van der Waals surface area (Å²) in [5.74, 6) is -0.417. The van der Waals surface area contributed by atoms with Crippen LogP contribution in [0, 0.1) is 0 Å². The zero-order valence-corrected chi connectivity index (χ0v) is 7.59. The molecule has 12 heavy (non-hydrogen) atoms. The van der Waals surface area contributed by atoms with Gasteiger partial charge in [-0.15, -0.1) is 0 Å². The second-order valence-corrected chi connectivity index (χ2v) is 3.46. The normalized spacial score (nSPS) is 15.8. The Morgan fingerprint density at radius 3 is 3.00 bits per heavy atom. The van der Waals surface area contributed by atoms with Crippen LogP contribution in [0.4, 0.5) is 0 Å². The highest BCUT2D eigenvalue weighted by Gasteiger charge is 2.22. The van der Waals surface area contributed by atoms with E-state index >= 15 is 0 Å². The summed E-state index contributed by atoms with van der Waals surface area (Å²) < 4.78 is 2.21. The molecule has 1 aromatic rings. The first-order valence-electron chi connectivity index (χ1n) is 3.38. The van der Waals surface area contributed by atoms with Gasteiger partial charge < -0.3 is 0 Å². The molecule has 0 aromatic carbocycles. The maximum Gasteiger partial charge on any atom is 0.246 e. The summed E-state index contributed by atoms with van der Waals surface area (Å²) in [5, 5.41) is 0. The molecule has 0 radical (unpaired) electrons. The molecule has 1 aliphatic rings. The van der Waals surface area contributed by atoms with E-state index in [0.717, 1.165) is 4.47 Å². The van der Waals surface area contributed by atoms with Gasteiger partial charge in [0.2, 0.25) is 5.91 Å². The second-order valence-electron chi connectivity index (χ2n) is 2.55. The molecule has 2 heterocycles. The zero-order valence-electron chi connectivity index (χ0n) is 6.00. The molecule has 1 aromatic heterocycles. The van der Waals surface area contributed by atoms with E-state index in [1.807, 2.05) is 0 Å². The lowest BCUT2D eigenvalue weighted by Crippen LogP contribution is -2.32. The van der Waals surface area contributed by atoms with Crippen LogP contribution in [-0.4, -0.2) is 16.4 Å². The van der Waals surface area contributed by atoms with E-state index in [-0.39, 0.29) is 18.1 Å². The molecule has 1 amide bonds. The summed E-state index contributed by atoms with van der Waals surface area (Å²) in [6, 6.07) is 1.68. The molecule has 0 atom stereocenters. The molecule has 62 valence electrons. The van der Waals surface area contributed by atoms with Crippen molar-refractivity contribution in [1.29, 1.82) is 0 Å². The Balaban J connectivity index is 2.53. The van der Waals surface area contributed by atoms with E-state index in [4.69, 9.17) is 0 Å². The van der Waals surface area contributed by atoms with E-state index in [0.29, 0.717) is 5.69 Å². The van der Waals surface area contributed by atoms with Crippen LogP contribution in [0.3, 0.4) is 0 Å². The van der Waals surface area contributed by atoms with Crippen molar-refractivity contribution in [2.24, 2.45) is 0 Å². The quantitative estimate of drug-likeness (QED) is 0.672. The summed E-state index contributed by atoms with van der Waals surface area (Å²) >= 11 is 3.22. The van der Waals surface area contributed by atoms with Gasteiger partial charge >= 0.3 is 0 Å². The monoisotopic (exact) mass is 228 g/mol. The number of carbonyl (C=O) groups is 2. The van der Waals surface area contributed by atoms with Gasteiger partial charge in [-0.3, -0.25) is 19.7 Å². The summed E-state index contributed by atoms with van der Waals surface area (Å²) in [5.41, 5.74) is 3.05. The molecular weight excluding hydrogens is 224 g/mol. The van der Waals surface area contributed by atoms with Crippen LogP contribution in [-0.2, 0) is 4.79 Å². The minimum atomic E-state index is -0.268. The molecule has 0 bridgehead atoms. The molecule has 4 nitrogen and oxygen atoms in total. The minimum absolute atomic E-state index is 0.0591. The number of hydrogen-bond donors (Lipinski definition) is 1. The maximum atomic E-state index is 11.2. The van der Waals surface area contributed by atoms with E-state index in [1.54, 1.807) is 12.3 Å². The van der Waals surface area contributed by atoms with Crippen LogP contribution in [0.15, 0.2) is 16.7 Å². The molecule has 0 unspecified atom stereocenters. The largest absolute Gasteiger partial charge is 0.292 e. The fourth-order valence-electron chi connectivity index (χ4n) is 1.15. The van der Waals surface area contributed by atoms with Crippen LogP contribution >= 0.6 is 15.9 Å². The topological polar surface area (TPSA) is 51.1 Å². The molecule has 0 aliphatic carbocycles. The fourth-order valence-corrected chi connectivity index (χ4v) is 1.57. The number of nitrogens with one attached hydrogen (secondary N) is 1. The number of hydrogen-bond acceptors (Lipinski definition) is 2. The van der Waals surface area contributed by atoms with Crippen molar-refractivity contribution in [2.45, 2.75) is 6.42 Å². The van der Waals surface area contributed by atoms with Gasteiger partial charge in [0.15, 0.2) is 5.78 Å². The van der Waals surface area contributed by atoms with Gasteiger partial charge in [-0.25, -0.2) is 0 Å². The Morgan fingerprint density at radius 1 is 1.50 bits per heavy atom. The number of nitrogens with zero attached hydrogens (tertiary/aromatic N) is 1. The molecule has 1 N–H and O–H groups in total. The van der Waals surface area contributed by atoms with Crippen molar-refractivity contribution in [1.82, 2.24) is 4.68 Å². The Morgan fingerprint density at radius 2 is 2.25 bits per heavy atom. The van der Waals surface area contributed by atoms with E-state index in [2.05, 4.69) is 21.4 Å². The van der Waals surface area contributed by atoms with Gasteiger partial charge in [-0.2, -0.15) is 0 Å². The fraction of sp³-hybridized carbons (Fsp3) is 0.143. The Labute approximate surface area is 76.7 Å². The summed E-state index contributed by atoms with van der Waals surface area (Å²) in [7, 11) is 0. The third-order valence-corrected chi connectivity index (χ3v) is 2.07. The summed E-state index contributed by atoms with van der Waals surface area (Å²) in [6.07, 6.45) is 1.58. The molecule has 5 heteroatoms. The molecule has 1 aliphatic heterocycles. The summed E-state index contributed by atoms with van der Waals surface area (Å²) in [4.78, 5) is 22.1. The van der Waals surface area contributed by atoms with Crippen molar-refractivity contribution >= 4 is 27.6 Å².